The van der Waals surface area contributed by atoms with E-state index < -0.39 is 0 Å². The van der Waals surface area contributed by atoms with E-state index >= 15 is 0 Å². The molecule has 3 heteroatoms. The topological polar surface area (TPSA) is 29.9 Å². The van der Waals surface area contributed by atoms with Crippen molar-refractivity contribution in [3.8, 4) is 0 Å². The molecule has 0 unspecified atom stereocenters. The first-order valence-corrected chi connectivity index (χ1v) is 7.60. The normalized spacial score (nSPS) is 23.2. The summed E-state index contributed by atoms with van der Waals surface area (Å²) in [6.07, 6.45) is 12.9. The molecule has 0 atom stereocenters. The van der Waals surface area contributed by atoms with Crippen molar-refractivity contribution in [1.82, 2.24) is 15.1 Å². The minimum Gasteiger partial charge on any atom is -0.306 e. The summed E-state index contributed by atoms with van der Waals surface area (Å²) >= 11 is 0. The highest BCUT2D eigenvalue weighted by molar-refractivity contribution is 5.03. The molecule has 1 N–H and O–H groups in total. The van der Waals surface area contributed by atoms with E-state index in [4.69, 9.17) is 5.10 Å². The van der Waals surface area contributed by atoms with Crippen LogP contribution < -0.4 is 5.32 Å². The van der Waals surface area contributed by atoms with E-state index in [9.17, 15) is 0 Å². The third-order valence-corrected chi connectivity index (χ3v) is 4.99. The number of aromatic nitrogens is 2. The maximum absolute atomic E-state index is 4.74. The van der Waals surface area contributed by atoms with Crippen LogP contribution in [0.3, 0.4) is 0 Å². The van der Waals surface area contributed by atoms with Gasteiger partial charge in [0, 0.05) is 18.3 Å². The Labute approximate surface area is 110 Å². The predicted octanol–water partition coefficient (Wildman–Crippen LogP) is 3.42. The monoisotopic (exact) mass is 247 g/mol. The van der Waals surface area contributed by atoms with Gasteiger partial charge in [-0.2, -0.15) is 5.10 Å². The maximum atomic E-state index is 4.74. The van der Waals surface area contributed by atoms with Crippen LogP contribution in [-0.4, -0.2) is 15.3 Å². The fourth-order valence-electron chi connectivity index (χ4n) is 3.38. The second-order valence-electron chi connectivity index (χ2n) is 6.07. The van der Waals surface area contributed by atoms with Gasteiger partial charge in [0.05, 0.1) is 11.7 Å². The molecule has 100 valence electrons. The summed E-state index contributed by atoms with van der Waals surface area (Å²) < 4.78 is 2.20. The van der Waals surface area contributed by atoms with Crippen molar-refractivity contribution in [3.05, 3.63) is 18.0 Å². The first-order valence-electron chi connectivity index (χ1n) is 7.60. The van der Waals surface area contributed by atoms with E-state index in [1.165, 1.54) is 57.1 Å². The van der Waals surface area contributed by atoms with Crippen molar-refractivity contribution >= 4 is 0 Å². The zero-order chi connectivity index (χ0) is 12.4. The zero-order valence-electron chi connectivity index (χ0n) is 11.5. The Kier molecular flexibility index (Phi) is 3.42. The van der Waals surface area contributed by atoms with Gasteiger partial charge < -0.3 is 5.32 Å². The van der Waals surface area contributed by atoms with Crippen LogP contribution in [0.2, 0.25) is 0 Å². The van der Waals surface area contributed by atoms with Crippen molar-refractivity contribution in [2.24, 2.45) is 0 Å². The number of hydrogen-bond acceptors (Lipinski definition) is 2. The lowest BCUT2D eigenvalue weighted by Gasteiger charge is -2.42. The predicted molar refractivity (Wildman–Crippen MR) is 73.4 cm³/mol. The Morgan fingerprint density at radius 1 is 1.33 bits per heavy atom. The maximum Gasteiger partial charge on any atom is 0.0762 e. The molecule has 0 radical (unpaired) electrons. The van der Waals surface area contributed by atoms with Crippen LogP contribution in [0.15, 0.2) is 12.3 Å². The number of nitrogens with one attached hydrogen (secondary N) is 1. The molecule has 1 aromatic heterocycles. The van der Waals surface area contributed by atoms with Gasteiger partial charge in [0.2, 0.25) is 0 Å². The summed E-state index contributed by atoms with van der Waals surface area (Å²) in [5, 5.41) is 8.47. The largest absolute Gasteiger partial charge is 0.306 e. The number of hydrogen-bond donors (Lipinski definition) is 1. The van der Waals surface area contributed by atoms with Crippen LogP contribution in [0.4, 0.5) is 0 Å². The third kappa shape index (κ3) is 2.33. The van der Waals surface area contributed by atoms with Gasteiger partial charge in [-0.05, 0) is 44.6 Å². The molecule has 2 aliphatic carbocycles. The minimum atomic E-state index is 0.428. The van der Waals surface area contributed by atoms with Gasteiger partial charge in [0.1, 0.15) is 0 Å². The third-order valence-electron chi connectivity index (χ3n) is 4.99. The van der Waals surface area contributed by atoms with Crippen LogP contribution in [-0.2, 0) is 6.54 Å². The van der Waals surface area contributed by atoms with Gasteiger partial charge in [0.25, 0.3) is 0 Å². The lowest BCUT2D eigenvalue weighted by molar-refractivity contribution is 0.174. The number of nitrogens with zero attached hydrogens (tertiary/aromatic N) is 2. The lowest BCUT2D eigenvalue weighted by atomic mass is 9.75. The summed E-state index contributed by atoms with van der Waals surface area (Å²) in [4.78, 5) is 0. The summed E-state index contributed by atoms with van der Waals surface area (Å²) in [5.74, 6) is 0. The molecule has 1 aromatic rings. The van der Waals surface area contributed by atoms with Crippen molar-refractivity contribution in [3.63, 3.8) is 0 Å². The fraction of sp³-hybridized carbons (Fsp3) is 0.800. The second-order valence-corrected chi connectivity index (χ2v) is 6.07. The van der Waals surface area contributed by atoms with E-state index in [0.717, 1.165) is 6.54 Å². The Balaban J connectivity index is 1.56. The Morgan fingerprint density at radius 2 is 2.11 bits per heavy atom. The van der Waals surface area contributed by atoms with Crippen LogP contribution in [0.5, 0.6) is 0 Å². The summed E-state index contributed by atoms with van der Waals surface area (Å²) in [6, 6.07) is 2.86. The molecule has 0 amide bonds. The highest BCUT2D eigenvalue weighted by Gasteiger charge is 2.34. The summed E-state index contributed by atoms with van der Waals surface area (Å²) in [6.45, 7) is 3.23. The molecular weight excluding hydrogens is 222 g/mol. The first-order chi connectivity index (χ1) is 8.81. The van der Waals surface area contributed by atoms with Gasteiger partial charge in [-0.15, -0.1) is 0 Å². The Bertz CT molecular complexity index is 381. The molecule has 18 heavy (non-hydrogen) atoms. The van der Waals surface area contributed by atoms with E-state index in [1.54, 1.807) is 0 Å². The van der Waals surface area contributed by atoms with E-state index in [-0.39, 0.29) is 0 Å². The van der Waals surface area contributed by atoms with Crippen LogP contribution >= 0.6 is 0 Å². The molecule has 3 nitrogen and oxygen atoms in total. The molecule has 2 aliphatic rings. The lowest BCUT2D eigenvalue weighted by Crippen LogP contribution is -2.49. The molecule has 0 spiro atoms. The summed E-state index contributed by atoms with van der Waals surface area (Å²) in [7, 11) is 0. The molecule has 0 saturated heterocycles. The Morgan fingerprint density at radius 3 is 2.72 bits per heavy atom. The number of rotatable bonds is 5. The molecule has 0 aliphatic heterocycles. The molecular formula is C15H25N3. The van der Waals surface area contributed by atoms with Gasteiger partial charge in [-0.25, -0.2) is 0 Å². The quantitative estimate of drug-likeness (QED) is 0.864. The van der Waals surface area contributed by atoms with Crippen LogP contribution in [0.25, 0.3) is 0 Å². The van der Waals surface area contributed by atoms with Gasteiger partial charge >= 0.3 is 0 Å². The fourth-order valence-corrected chi connectivity index (χ4v) is 3.38. The molecule has 0 bridgehead atoms. The van der Waals surface area contributed by atoms with Crippen LogP contribution in [0, 0.1) is 0 Å². The smallest absolute Gasteiger partial charge is 0.0762 e. The molecule has 2 saturated carbocycles. The van der Waals surface area contributed by atoms with E-state index in [0.29, 0.717) is 11.6 Å². The molecule has 2 fully saturated rings. The summed E-state index contributed by atoms with van der Waals surface area (Å²) in [5.41, 5.74) is 1.64. The van der Waals surface area contributed by atoms with E-state index in [1.807, 2.05) is 0 Å². The highest BCUT2D eigenvalue weighted by atomic mass is 15.3. The van der Waals surface area contributed by atoms with Crippen molar-refractivity contribution < 1.29 is 0 Å². The standard InChI is InChI=1S/C15H25N3/c1-2-15(9-5-10-15)16-12-13-8-11-18(17-13)14-6-3-4-7-14/h8,11,14,16H,2-7,9-10,12H2,1H3. The van der Waals surface area contributed by atoms with E-state index in [2.05, 4.69) is 29.2 Å². The SMILES string of the molecule is CCC1(NCc2ccn(C3CCCC3)n2)CCC1. The van der Waals surface area contributed by atoms with Crippen molar-refractivity contribution in [2.45, 2.75) is 76.4 Å². The zero-order valence-corrected chi connectivity index (χ0v) is 11.5. The minimum absolute atomic E-state index is 0.428. The van der Waals surface area contributed by atoms with Crippen LogP contribution in [0.1, 0.15) is 70.0 Å². The molecule has 3 rings (SSSR count). The Hall–Kier alpha value is -0.830. The molecule has 1 heterocycles. The van der Waals surface area contributed by atoms with Crippen molar-refractivity contribution in [1.29, 1.82) is 0 Å². The first kappa shape index (κ1) is 12.2. The average Bonchev–Trinajstić information content (AvgIpc) is 2.98. The van der Waals surface area contributed by atoms with Crippen molar-refractivity contribution in [2.75, 3.05) is 0 Å². The second kappa shape index (κ2) is 5.04. The van der Waals surface area contributed by atoms with Gasteiger partial charge in [-0.1, -0.05) is 19.8 Å². The molecule has 0 aromatic carbocycles. The average molecular weight is 247 g/mol. The highest BCUT2D eigenvalue weighted by Crippen LogP contribution is 2.35. The van der Waals surface area contributed by atoms with Gasteiger partial charge in [0.15, 0.2) is 0 Å². The van der Waals surface area contributed by atoms with Gasteiger partial charge in [-0.3, -0.25) is 4.68 Å².